The maximum atomic E-state index is 4.52. The monoisotopic (exact) mass is 243 g/mol. The standard InChI is InChI=1S/C13H17N5/c1-9-7-18(13(15-9)17-11-3-4-11)8-12-5-6-14-10(2)16-12/h5-7,11H,3-4,8H2,1-2H3,(H,15,17). The first-order valence-electron chi connectivity index (χ1n) is 6.29. The van der Waals surface area contributed by atoms with E-state index in [4.69, 9.17) is 0 Å². The molecule has 0 amide bonds. The van der Waals surface area contributed by atoms with Crippen LogP contribution in [0, 0.1) is 13.8 Å². The molecule has 0 aromatic carbocycles. The van der Waals surface area contributed by atoms with Crippen LogP contribution in [0.3, 0.4) is 0 Å². The minimum absolute atomic E-state index is 0.609. The number of aryl methyl sites for hydroxylation is 2. The topological polar surface area (TPSA) is 55.6 Å². The molecule has 94 valence electrons. The SMILES string of the molecule is Cc1cn(Cc2ccnc(C)n2)c(NC2CC2)n1. The summed E-state index contributed by atoms with van der Waals surface area (Å²) in [5.41, 5.74) is 2.04. The van der Waals surface area contributed by atoms with Crippen LogP contribution in [-0.2, 0) is 6.54 Å². The highest BCUT2D eigenvalue weighted by molar-refractivity contribution is 5.32. The van der Waals surface area contributed by atoms with E-state index >= 15 is 0 Å². The summed E-state index contributed by atoms with van der Waals surface area (Å²) in [6.07, 6.45) is 6.36. The molecule has 2 aromatic rings. The summed E-state index contributed by atoms with van der Waals surface area (Å²) in [4.78, 5) is 13.1. The second-order valence-electron chi connectivity index (χ2n) is 4.85. The molecule has 0 bridgehead atoms. The van der Waals surface area contributed by atoms with Crippen molar-refractivity contribution in [3.63, 3.8) is 0 Å². The third kappa shape index (κ3) is 2.50. The van der Waals surface area contributed by atoms with Gasteiger partial charge >= 0.3 is 0 Å². The van der Waals surface area contributed by atoms with E-state index in [9.17, 15) is 0 Å². The van der Waals surface area contributed by atoms with Gasteiger partial charge in [0.1, 0.15) is 5.82 Å². The molecule has 0 unspecified atom stereocenters. The quantitative estimate of drug-likeness (QED) is 0.891. The molecule has 1 aliphatic rings. The van der Waals surface area contributed by atoms with Crippen LogP contribution in [0.25, 0.3) is 0 Å². The van der Waals surface area contributed by atoms with Gasteiger partial charge in [0.25, 0.3) is 0 Å². The second-order valence-corrected chi connectivity index (χ2v) is 4.85. The second kappa shape index (κ2) is 4.40. The molecule has 1 saturated carbocycles. The lowest BCUT2D eigenvalue weighted by molar-refractivity contribution is 0.763. The van der Waals surface area contributed by atoms with Crippen molar-refractivity contribution in [3.8, 4) is 0 Å². The van der Waals surface area contributed by atoms with Gasteiger partial charge in [0.05, 0.1) is 17.9 Å². The van der Waals surface area contributed by atoms with E-state index in [1.807, 2.05) is 19.9 Å². The fourth-order valence-electron chi connectivity index (χ4n) is 1.96. The first-order chi connectivity index (χ1) is 8.70. The molecule has 0 radical (unpaired) electrons. The molecule has 1 N–H and O–H groups in total. The average Bonchev–Trinajstić information content (AvgIpc) is 3.05. The van der Waals surface area contributed by atoms with Gasteiger partial charge in [-0.15, -0.1) is 0 Å². The zero-order valence-corrected chi connectivity index (χ0v) is 10.7. The molecule has 2 aromatic heterocycles. The summed E-state index contributed by atoms with van der Waals surface area (Å²) in [5.74, 6) is 1.76. The molecule has 3 rings (SSSR count). The molecular formula is C13H17N5. The van der Waals surface area contributed by atoms with Crippen LogP contribution >= 0.6 is 0 Å². The van der Waals surface area contributed by atoms with Crippen LogP contribution < -0.4 is 5.32 Å². The number of imidazole rings is 1. The van der Waals surface area contributed by atoms with Crippen LogP contribution in [-0.4, -0.2) is 25.6 Å². The normalized spacial score (nSPS) is 14.8. The number of nitrogens with zero attached hydrogens (tertiary/aromatic N) is 4. The first kappa shape index (κ1) is 11.2. The van der Waals surface area contributed by atoms with Gasteiger partial charge in [0.15, 0.2) is 0 Å². The van der Waals surface area contributed by atoms with Crippen LogP contribution in [0.5, 0.6) is 0 Å². The minimum atomic E-state index is 0.609. The molecule has 0 aliphatic heterocycles. The Morgan fingerprint density at radius 2 is 2.17 bits per heavy atom. The largest absolute Gasteiger partial charge is 0.353 e. The lowest BCUT2D eigenvalue weighted by Gasteiger charge is -2.08. The average molecular weight is 243 g/mol. The molecule has 1 fully saturated rings. The summed E-state index contributed by atoms with van der Waals surface area (Å²) in [6.45, 7) is 4.66. The Balaban J connectivity index is 1.82. The highest BCUT2D eigenvalue weighted by Crippen LogP contribution is 2.24. The molecular weight excluding hydrogens is 226 g/mol. The summed E-state index contributed by atoms with van der Waals surface area (Å²) in [7, 11) is 0. The Bertz CT molecular complexity index is 556. The molecule has 0 saturated heterocycles. The molecule has 2 heterocycles. The Morgan fingerprint density at radius 1 is 1.33 bits per heavy atom. The third-order valence-corrected chi connectivity index (χ3v) is 2.97. The summed E-state index contributed by atoms with van der Waals surface area (Å²) in [6, 6.07) is 2.56. The minimum Gasteiger partial charge on any atom is -0.353 e. The van der Waals surface area contributed by atoms with Crippen molar-refractivity contribution >= 4 is 5.95 Å². The van der Waals surface area contributed by atoms with Gasteiger partial charge in [-0.3, -0.25) is 0 Å². The van der Waals surface area contributed by atoms with Crippen molar-refractivity contribution in [2.75, 3.05) is 5.32 Å². The Morgan fingerprint density at radius 3 is 2.89 bits per heavy atom. The lowest BCUT2D eigenvalue weighted by Crippen LogP contribution is -2.10. The summed E-state index contributed by atoms with van der Waals surface area (Å²) < 4.78 is 2.12. The Hall–Kier alpha value is -1.91. The fourth-order valence-corrected chi connectivity index (χ4v) is 1.96. The van der Waals surface area contributed by atoms with E-state index in [1.165, 1.54) is 12.8 Å². The van der Waals surface area contributed by atoms with Crippen LogP contribution in [0.2, 0.25) is 0 Å². The Kier molecular flexibility index (Phi) is 2.74. The van der Waals surface area contributed by atoms with Gasteiger partial charge in [-0.1, -0.05) is 0 Å². The maximum absolute atomic E-state index is 4.52. The summed E-state index contributed by atoms with van der Waals surface area (Å²) >= 11 is 0. The number of anilines is 1. The maximum Gasteiger partial charge on any atom is 0.203 e. The van der Waals surface area contributed by atoms with E-state index in [-0.39, 0.29) is 0 Å². The fraction of sp³-hybridized carbons (Fsp3) is 0.462. The van der Waals surface area contributed by atoms with Crippen molar-refractivity contribution in [1.29, 1.82) is 0 Å². The van der Waals surface area contributed by atoms with E-state index in [0.717, 1.165) is 29.7 Å². The van der Waals surface area contributed by atoms with Gasteiger partial charge in [-0.05, 0) is 32.8 Å². The summed E-state index contributed by atoms with van der Waals surface area (Å²) in [5, 5.41) is 3.45. The lowest BCUT2D eigenvalue weighted by atomic mass is 10.4. The van der Waals surface area contributed by atoms with Gasteiger partial charge in [-0.2, -0.15) is 0 Å². The van der Waals surface area contributed by atoms with Crippen molar-refractivity contribution in [1.82, 2.24) is 19.5 Å². The molecule has 1 aliphatic carbocycles. The number of rotatable bonds is 4. The van der Waals surface area contributed by atoms with Crippen molar-refractivity contribution in [2.24, 2.45) is 0 Å². The van der Waals surface area contributed by atoms with Gasteiger partial charge in [-0.25, -0.2) is 15.0 Å². The molecule has 18 heavy (non-hydrogen) atoms. The van der Waals surface area contributed by atoms with E-state index in [1.54, 1.807) is 6.20 Å². The predicted octanol–water partition coefficient (Wildman–Crippen LogP) is 1.91. The van der Waals surface area contributed by atoms with E-state index in [2.05, 4.69) is 31.0 Å². The third-order valence-electron chi connectivity index (χ3n) is 2.97. The highest BCUT2D eigenvalue weighted by Gasteiger charge is 2.23. The van der Waals surface area contributed by atoms with Gasteiger partial charge < -0.3 is 9.88 Å². The first-order valence-corrected chi connectivity index (χ1v) is 6.29. The number of aromatic nitrogens is 4. The van der Waals surface area contributed by atoms with Crippen LogP contribution in [0.1, 0.15) is 30.1 Å². The zero-order valence-electron chi connectivity index (χ0n) is 10.7. The molecule has 5 nitrogen and oxygen atoms in total. The number of hydrogen-bond acceptors (Lipinski definition) is 4. The number of hydrogen-bond donors (Lipinski definition) is 1. The van der Waals surface area contributed by atoms with Crippen molar-refractivity contribution < 1.29 is 0 Å². The molecule has 0 spiro atoms. The smallest absolute Gasteiger partial charge is 0.203 e. The molecule has 0 atom stereocenters. The van der Waals surface area contributed by atoms with Gasteiger partial charge in [0, 0.05) is 18.4 Å². The van der Waals surface area contributed by atoms with E-state index < -0.39 is 0 Å². The van der Waals surface area contributed by atoms with E-state index in [0.29, 0.717) is 6.04 Å². The zero-order chi connectivity index (χ0) is 12.5. The van der Waals surface area contributed by atoms with Crippen LogP contribution in [0.15, 0.2) is 18.5 Å². The predicted molar refractivity (Wildman–Crippen MR) is 69.5 cm³/mol. The molecule has 5 heteroatoms. The van der Waals surface area contributed by atoms with Crippen molar-refractivity contribution in [2.45, 2.75) is 39.3 Å². The Labute approximate surface area is 106 Å². The van der Waals surface area contributed by atoms with Crippen molar-refractivity contribution in [3.05, 3.63) is 35.7 Å². The van der Waals surface area contributed by atoms with Crippen LogP contribution in [0.4, 0.5) is 5.95 Å². The highest BCUT2D eigenvalue weighted by atomic mass is 15.2. The number of nitrogens with one attached hydrogen (secondary N) is 1. The van der Waals surface area contributed by atoms with Gasteiger partial charge in [0.2, 0.25) is 5.95 Å².